The molecule has 0 fully saturated rings. The second-order valence-electron chi connectivity index (χ2n) is 7.77. The maximum Gasteiger partial charge on any atom is 0.475 e. The van der Waals surface area contributed by atoms with Crippen molar-refractivity contribution in [2.24, 2.45) is 0 Å². The molecule has 0 radical (unpaired) electrons. The van der Waals surface area contributed by atoms with Crippen molar-refractivity contribution in [1.29, 1.82) is 0 Å². The van der Waals surface area contributed by atoms with E-state index in [1.54, 1.807) is 31.2 Å². The van der Waals surface area contributed by atoms with Gasteiger partial charge in [0.05, 0.1) is 18.8 Å². The molecule has 3 aromatic rings. The molecule has 3 rings (SSSR count). The van der Waals surface area contributed by atoms with Crippen molar-refractivity contribution in [2.45, 2.75) is 25.9 Å². The molecule has 3 aromatic carbocycles. The molecule has 1 unspecified atom stereocenters. The van der Waals surface area contributed by atoms with Gasteiger partial charge in [0.1, 0.15) is 0 Å². The number of nitrogens with one attached hydrogen (secondary N) is 1. The molecule has 0 aliphatic rings. The van der Waals surface area contributed by atoms with Crippen LogP contribution in [0.2, 0.25) is 0 Å². The summed E-state index contributed by atoms with van der Waals surface area (Å²) in [5.41, 5.74) is 2.61. The number of rotatable bonds is 13. The van der Waals surface area contributed by atoms with Crippen LogP contribution in [-0.2, 0) is 40.5 Å². The van der Waals surface area contributed by atoms with Crippen LogP contribution in [0.4, 0.5) is 5.69 Å². The smallest absolute Gasteiger partial charge is 0.462 e. The molecule has 0 aliphatic heterocycles. The van der Waals surface area contributed by atoms with Crippen LogP contribution in [0, 0.1) is 0 Å². The first-order valence-corrected chi connectivity index (χ1v) is 13.0. The summed E-state index contributed by atoms with van der Waals surface area (Å²) in [5, 5.41) is 2.74. The summed E-state index contributed by atoms with van der Waals surface area (Å²) in [4.78, 5) is 25.0. The predicted octanol–water partition coefficient (Wildman–Crippen LogP) is 5.44. The van der Waals surface area contributed by atoms with Crippen molar-refractivity contribution in [2.75, 3.05) is 25.6 Å². The number of anilines is 1. The Morgan fingerprint density at radius 2 is 1.50 bits per heavy atom. The number of hydrogen-bond donors (Lipinski definition) is 1. The number of phosphoric acid groups is 1. The maximum atomic E-state index is 13.2. The molecular formula is C27H30NO7P. The Bertz CT molecular complexity index is 1150. The zero-order valence-electron chi connectivity index (χ0n) is 20.3. The second kappa shape index (κ2) is 13.7. The SMILES string of the molecule is CCOC(=O)c1ccc(NC(=O)[C@H](Cc2ccccc2)OP(=O)(OC)OCCc2ccccc2)cc1. The standard InChI is InChI=1S/C27H30NO7P/c1-3-33-27(30)23-14-16-24(17-15-23)28-26(29)25(20-22-12-8-5-9-13-22)35-36(31,32-2)34-19-18-21-10-6-4-7-11-21/h4-17,25H,3,18-20H2,1-2H3,(H,28,29)/t25-,36?/m0/s1. The van der Waals surface area contributed by atoms with E-state index in [1.807, 2.05) is 60.7 Å². The van der Waals surface area contributed by atoms with Crippen LogP contribution in [0.25, 0.3) is 0 Å². The molecule has 1 N–H and O–H groups in total. The highest BCUT2D eigenvalue weighted by atomic mass is 31.2. The van der Waals surface area contributed by atoms with Crippen LogP contribution in [-0.4, -0.2) is 38.3 Å². The van der Waals surface area contributed by atoms with Gasteiger partial charge < -0.3 is 10.1 Å². The summed E-state index contributed by atoms with van der Waals surface area (Å²) in [6, 6.07) is 25.0. The van der Waals surface area contributed by atoms with Gasteiger partial charge in [-0.1, -0.05) is 60.7 Å². The predicted molar refractivity (Wildman–Crippen MR) is 137 cm³/mol. The molecule has 2 atom stereocenters. The van der Waals surface area contributed by atoms with E-state index < -0.39 is 25.8 Å². The number of esters is 1. The van der Waals surface area contributed by atoms with E-state index in [0.717, 1.165) is 11.1 Å². The lowest BCUT2D eigenvalue weighted by atomic mass is 10.1. The molecule has 0 aliphatic carbocycles. The monoisotopic (exact) mass is 511 g/mol. The van der Waals surface area contributed by atoms with E-state index in [-0.39, 0.29) is 19.6 Å². The lowest BCUT2D eigenvalue weighted by Crippen LogP contribution is -2.32. The minimum atomic E-state index is -4.04. The second-order valence-corrected chi connectivity index (χ2v) is 9.50. The Hall–Kier alpha value is -3.29. The Morgan fingerprint density at radius 1 is 0.889 bits per heavy atom. The molecule has 0 saturated carbocycles. The number of amides is 1. The molecule has 0 heterocycles. The molecule has 0 bridgehead atoms. The van der Waals surface area contributed by atoms with Gasteiger partial charge in [0.2, 0.25) is 0 Å². The quantitative estimate of drug-likeness (QED) is 0.241. The Morgan fingerprint density at radius 3 is 2.08 bits per heavy atom. The lowest BCUT2D eigenvalue weighted by molar-refractivity contribution is -0.123. The maximum absolute atomic E-state index is 13.2. The Labute approximate surface area is 211 Å². The summed E-state index contributed by atoms with van der Waals surface area (Å²) < 4.78 is 34.5. The molecule has 8 nitrogen and oxygen atoms in total. The van der Waals surface area contributed by atoms with Gasteiger partial charge in [-0.3, -0.25) is 18.4 Å². The highest BCUT2D eigenvalue weighted by Gasteiger charge is 2.33. The summed E-state index contributed by atoms with van der Waals surface area (Å²) in [5.74, 6) is -0.985. The first-order chi connectivity index (χ1) is 17.4. The van der Waals surface area contributed by atoms with Gasteiger partial charge in [-0.2, -0.15) is 0 Å². The zero-order chi connectivity index (χ0) is 25.8. The van der Waals surface area contributed by atoms with Crippen molar-refractivity contribution < 1.29 is 32.5 Å². The highest BCUT2D eigenvalue weighted by molar-refractivity contribution is 7.48. The third kappa shape index (κ3) is 8.43. The number of phosphoric ester groups is 1. The summed E-state index contributed by atoms with van der Waals surface area (Å²) in [6.45, 7) is 2.08. The van der Waals surface area contributed by atoms with Crippen LogP contribution in [0.15, 0.2) is 84.9 Å². The normalized spacial score (nSPS) is 13.4. The minimum Gasteiger partial charge on any atom is -0.462 e. The largest absolute Gasteiger partial charge is 0.475 e. The first-order valence-electron chi connectivity index (χ1n) is 11.6. The zero-order valence-corrected chi connectivity index (χ0v) is 21.2. The van der Waals surface area contributed by atoms with Crippen molar-refractivity contribution in [3.8, 4) is 0 Å². The highest BCUT2D eigenvalue weighted by Crippen LogP contribution is 2.50. The average Bonchev–Trinajstić information content (AvgIpc) is 2.90. The van der Waals surface area contributed by atoms with Gasteiger partial charge in [0.15, 0.2) is 6.10 Å². The van der Waals surface area contributed by atoms with Crippen LogP contribution in [0.3, 0.4) is 0 Å². The number of hydrogen-bond acceptors (Lipinski definition) is 7. The fraction of sp³-hybridized carbons (Fsp3) is 0.259. The molecule has 0 spiro atoms. The number of benzene rings is 3. The fourth-order valence-electron chi connectivity index (χ4n) is 3.33. The first kappa shape index (κ1) is 27.3. The number of carbonyl (C=O) groups is 2. The third-order valence-corrected chi connectivity index (χ3v) is 6.64. The number of carbonyl (C=O) groups excluding carboxylic acids is 2. The van der Waals surface area contributed by atoms with Crippen LogP contribution in [0.5, 0.6) is 0 Å². The van der Waals surface area contributed by atoms with Crippen molar-refractivity contribution >= 4 is 25.4 Å². The minimum absolute atomic E-state index is 0.0874. The van der Waals surface area contributed by atoms with E-state index >= 15 is 0 Å². The van der Waals surface area contributed by atoms with Gasteiger partial charge in [0.25, 0.3) is 5.91 Å². The average molecular weight is 512 g/mol. The Balaban J connectivity index is 1.70. The number of ether oxygens (including phenoxy) is 1. The molecule has 1 amide bonds. The van der Waals surface area contributed by atoms with E-state index in [1.165, 1.54) is 7.11 Å². The summed E-state index contributed by atoms with van der Waals surface area (Å²) in [7, 11) is -2.82. The Kier molecular flexibility index (Phi) is 10.4. The topological polar surface area (TPSA) is 100 Å². The van der Waals surface area contributed by atoms with E-state index in [0.29, 0.717) is 17.7 Å². The van der Waals surface area contributed by atoms with Gasteiger partial charge in [0, 0.05) is 19.2 Å². The van der Waals surface area contributed by atoms with E-state index in [9.17, 15) is 14.2 Å². The third-order valence-electron chi connectivity index (χ3n) is 5.18. The molecule has 0 aromatic heterocycles. The molecule has 9 heteroatoms. The van der Waals surface area contributed by atoms with Gasteiger partial charge in [-0.25, -0.2) is 9.36 Å². The van der Waals surface area contributed by atoms with E-state index in [4.69, 9.17) is 18.3 Å². The van der Waals surface area contributed by atoms with Gasteiger partial charge in [-0.15, -0.1) is 0 Å². The van der Waals surface area contributed by atoms with Crippen molar-refractivity contribution in [3.05, 3.63) is 102 Å². The summed E-state index contributed by atoms with van der Waals surface area (Å²) >= 11 is 0. The van der Waals surface area contributed by atoms with Crippen LogP contribution in [0.1, 0.15) is 28.4 Å². The fourth-order valence-corrected chi connectivity index (χ4v) is 4.38. The molecule has 190 valence electrons. The lowest BCUT2D eigenvalue weighted by Gasteiger charge is -2.23. The molecule has 36 heavy (non-hydrogen) atoms. The van der Waals surface area contributed by atoms with Crippen LogP contribution >= 0.6 is 7.82 Å². The molecular weight excluding hydrogens is 481 g/mol. The van der Waals surface area contributed by atoms with Gasteiger partial charge in [-0.05, 0) is 48.7 Å². The van der Waals surface area contributed by atoms with Crippen LogP contribution < -0.4 is 5.32 Å². The molecule has 0 saturated heterocycles. The van der Waals surface area contributed by atoms with Gasteiger partial charge >= 0.3 is 13.8 Å². The summed E-state index contributed by atoms with van der Waals surface area (Å²) in [6.07, 6.45) is -0.525. The van der Waals surface area contributed by atoms with Crippen molar-refractivity contribution in [3.63, 3.8) is 0 Å². The van der Waals surface area contributed by atoms with E-state index in [2.05, 4.69) is 5.32 Å². The van der Waals surface area contributed by atoms with Crippen molar-refractivity contribution in [1.82, 2.24) is 0 Å².